The van der Waals surface area contributed by atoms with Crippen LogP contribution in [0.15, 0.2) is 109 Å². The predicted octanol–water partition coefficient (Wildman–Crippen LogP) is 8.61. The third-order valence-electron chi connectivity index (χ3n) is 4.85. The average molecular weight is 435 g/mol. The highest BCUT2D eigenvalue weighted by Gasteiger charge is 2.25. The third kappa shape index (κ3) is 4.70. The van der Waals surface area contributed by atoms with Gasteiger partial charge >= 0.3 is 0 Å². The first-order valence-corrected chi connectivity index (χ1v) is 11.2. The zero-order valence-corrected chi connectivity index (χ0v) is 18.0. The van der Waals surface area contributed by atoms with Crippen LogP contribution in [-0.4, -0.2) is 0 Å². The molecule has 0 bridgehead atoms. The molecule has 0 aromatic heterocycles. The molecule has 0 heterocycles. The van der Waals surface area contributed by atoms with Crippen molar-refractivity contribution in [2.24, 2.45) is 0 Å². The highest BCUT2D eigenvalue weighted by atomic mass is 35.5. The monoisotopic (exact) mass is 434 g/mol. The van der Waals surface area contributed by atoms with Gasteiger partial charge in [-0.1, -0.05) is 120 Å². The zero-order chi connectivity index (χ0) is 20.1. The average Bonchev–Trinajstić information content (AvgIpc) is 2.77. The minimum atomic E-state index is 0.0754. The standard InChI is InChI=1S/C26H20Cl2S/c27-23-17-9-7-15-21(23)25(19-11-3-1-4-12-19)29-26(20-13-5-2-6-14-20)22-16-8-10-18-24(22)28/h1-18,25-26H. The van der Waals surface area contributed by atoms with Gasteiger partial charge < -0.3 is 0 Å². The lowest BCUT2D eigenvalue weighted by atomic mass is 10.0. The van der Waals surface area contributed by atoms with Crippen molar-refractivity contribution in [1.82, 2.24) is 0 Å². The maximum Gasteiger partial charge on any atom is 0.0570 e. The van der Waals surface area contributed by atoms with Gasteiger partial charge in [0.25, 0.3) is 0 Å². The summed E-state index contributed by atoms with van der Waals surface area (Å²) in [6.45, 7) is 0. The lowest BCUT2D eigenvalue weighted by Gasteiger charge is -2.26. The van der Waals surface area contributed by atoms with Gasteiger partial charge in [0.1, 0.15) is 0 Å². The Bertz CT molecular complexity index is 977. The molecule has 0 aliphatic heterocycles. The molecule has 4 rings (SSSR count). The molecule has 0 N–H and O–H groups in total. The minimum absolute atomic E-state index is 0.0754. The van der Waals surface area contributed by atoms with Gasteiger partial charge in [0.2, 0.25) is 0 Å². The van der Waals surface area contributed by atoms with E-state index in [9.17, 15) is 0 Å². The second-order valence-electron chi connectivity index (χ2n) is 6.76. The van der Waals surface area contributed by atoms with Crippen molar-refractivity contribution in [1.29, 1.82) is 0 Å². The van der Waals surface area contributed by atoms with Crippen molar-refractivity contribution in [3.05, 3.63) is 141 Å². The number of hydrogen-bond acceptors (Lipinski definition) is 1. The van der Waals surface area contributed by atoms with Crippen molar-refractivity contribution in [2.45, 2.75) is 10.5 Å². The van der Waals surface area contributed by atoms with Crippen LogP contribution in [0, 0.1) is 0 Å². The Morgan fingerprint density at radius 1 is 0.448 bits per heavy atom. The van der Waals surface area contributed by atoms with E-state index in [0.717, 1.165) is 21.2 Å². The van der Waals surface area contributed by atoms with Gasteiger partial charge in [-0.25, -0.2) is 0 Å². The van der Waals surface area contributed by atoms with Gasteiger partial charge in [0.05, 0.1) is 10.5 Å². The van der Waals surface area contributed by atoms with Crippen LogP contribution in [0.25, 0.3) is 0 Å². The lowest BCUT2D eigenvalue weighted by Crippen LogP contribution is -2.05. The van der Waals surface area contributed by atoms with Crippen LogP contribution in [0.3, 0.4) is 0 Å². The topological polar surface area (TPSA) is 0 Å². The molecule has 4 aromatic rings. The number of hydrogen-bond donors (Lipinski definition) is 0. The van der Waals surface area contributed by atoms with E-state index in [0.29, 0.717) is 0 Å². The summed E-state index contributed by atoms with van der Waals surface area (Å²) in [6.07, 6.45) is 0. The first-order chi connectivity index (χ1) is 14.2. The van der Waals surface area contributed by atoms with E-state index < -0.39 is 0 Å². The Labute approximate surface area is 186 Å². The highest BCUT2D eigenvalue weighted by Crippen LogP contribution is 2.50. The molecule has 2 unspecified atom stereocenters. The smallest absolute Gasteiger partial charge is 0.0570 e. The summed E-state index contributed by atoms with van der Waals surface area (Å²) in [5.41, 5.74) is 4.66. The number of thioether (sulfide) groups is 1. The molecule has 4 aromatic carbocycles. The van der Waals surface area contributed by atoms with Crippen molar-refractivity contribution in [2.75, 3.05) is 0 Å². The Hall–Kier alpha value is -2.19. The van der Waals surface area contributed by atoms with E-state index in [2.05, 4.69) is 60.7 Å². The Morgan fingerprint density at radius 2 is 0.793 bits per heavy atom. The molecule has 0 fully saturated rings. The first-order valence-electron chi connectivity index (χ1n) is 9.48. The third-order valence-corrected chi connectivity index (χ3v) is 7.14. The van der Waals surface area contributed by atoms with Crippen LogP contribution in [0.4, 0.5) is 0 Å². The van der Waals surface area contributed by atoms with E-state index in [4.69, 9.17) is 23.2 Å². The van der Waals surface area contributed by atoms with Gasteiger partial charge in [-0.05, 0) is 34.4 Å². The minimum Gasteiger partial charge on any atom is -0.136 e. The quantitative estimate of drug-likeness (QED) is 0.292. The summed E-state index contributed by atoms with van der Waals surface area (Å²) in [7, 11) is 0. The molecular formula is C26H20Cl2S. The summed E-state index contributed by atoms with van der Waals surface area (Å²) >= 11 is 15.1. The number of rotatable bonds is 6. The molecule has 0 aliphatic carbocycles. The van der Waals surface area contributed by atoms with Gasteiger partial charge in [-0.3, -0.25) is 0 Å². The van der Waals surface area contributed by atoms with Crippen molar-refractivity contribution < 1.29 is 0 Å². The molecule has 29 heavy (non-hydrogen) atoms. The number of benzene rings is 4. The fraction of sp³-hybridized carbons (Fsp3) is 0.0769. The molecule has 0 amide bonds. The van der Waals surface area contributed by atoms with Crippen LogP contribution in [0.5, 0.6) is 0 Å². The molecular weight excluding hydrogens is 415 g/mol. The van der Waals surface area contributed by atoms with E-state index in [-0.39, 0.29) is 10.5 Å². The second kappa shape index (κ2) is 9.54. The van der Waals surface area contributed by atoms with Gasteiger partial charge in [0, 0.05) is 10.0 Å². The molecule has 144 valence electrons. The summed E-state index contributed by atoms with van der Waals surface area (Å²) in [4.78, 5) is 0. The summed E-state index contributed by atoms with van der Waals surface area (Å²) < 4.78 is 0. The Balaban J connectivity index is 1.83. The molecule has 0 saturated heterocycles. The van der Waals surface area contributed by atoms with E-state index in [1.807, 2.05) is 60.3 Å². The molecule has 0 nitrogen and oxygen atoms in total. The molecule has 0 aliphatic rings. The largest absolute Gasteiger partial charge is 0.136 e. The normalized spacial score (nSPS) is 13.0. The van der Waals surface area contributed by atoms with E-state index in [1.54, 1.807) is 0 Å². The molecule has 3 heteroatoms. The van der Waals surface area contributed by atoms with E-state index in [1.165, 1.54) is 11.1 Å². The molecule has 0 radical (unpaired) electrons. The second-order valence-corrected chi connectivity index (χ2v) is 8.79. The van der Waals surface area contributed by atoms with Gasteiger partial charge in [-0.2, -0.15) is 0 Å². The predicted molar refractivity (Wildman–Crippen MR) is 127 cm³/mol. The molecule has 0 spiro atoms. The maximum atomic E-state index is 6.64. The fourth-order valence-electron chi connectivity index (χ4n) is 3.43. The first kappa shape index (κ1) is 20.1. The van der Waals surface area contributed by atoms with Crippen LogP contribution in [0.2, 0.25) is 10.0 Å². The maximum absolute atomic E-state index is 6.64. The zero-order valence-electron chi connectivity index (χ0n) is 15.7. The van der Waals surface area contributed by atoms with Gasteiger partial charge in [0.15, 0.2) is 0 Å². The molecule has 0 saturated carbocycles. The van der Waals surface area contributed by atoms with Crippen molar-refractivity contribution in [3.8, 4) is 0 Å². The van der Waals surface area contributed by atoms with Crippen molar-refractivity contribution >= 4 is 35.0 Å². The lowest BCUT2D eigenvalue weighted by molar-refractivity contribution is 1.10. The van der Waals surface area contributed by atoms with Crippen LogP contribution >= 0.6 is 35.0 Å². The summed E-state index contributed by atoms with van der Waals surface area (Å²) in [6, 6.07) is 37.2. The van der Waals surface area contributed by atoms with Gasteiger partial charge in [-0.15, -0.1) is 11.8 Å². The summed E-state index contributed by atoms with van der Waals surface area (Å²) in [5, 5.41) is 1.71. The summed E-state index contributed by atoms with van der Waals surface area (Å²) in [5.74, 6) is 0. The molecule has 2 atom stereocenters. The van der Waals surface area contributed by atoms with Crippen LogP contribution < -0.4 is 0 Å². The Morgan fingerprint density at radius 3 is 1.17 bits per heavy atom. The van der Waals surface area contributed by atoms with Crippen LogP contribution in [0.1, 0.15) is 32.8 Å². The van der Waals surface area contributed by atoms with Crippen molar-refractivity contribution in [3.63, 3.8) is 0 Å². The van der Waals surface area contributed by atoms with Crippen LogP contribution in [-0.2, 0) is 0 Å². The SMILES string of the molecule is Clc1ccccc1C(SC(c1ccccc1)c1ccccc1Cl)c1ccccc1. The Kier molecular flexibility index (Phi) is 6.61. The highest BCUT2D eigenvalue weighted by molar-refractivity contribution is 8.00. The fourth-order valence-corrected chi connectivity index (χ4v) is 5.65. The van der Waals surface area contributed by atoms with E-state index >= 15 is 0 Å². The number of halogens is 2.